The Labute approximate surface area is 144 Å². The molecule has 0 aromatic carbocycles. The van der Waals surface area contributed by atoms with Crippen molar-refractivity contribution < 1.29 is 4.79 Å². The molecule has 1 amide bonds. The average molecular weight is 354 g/mol. The molecule has 2 aromatic rings. The number of aromatic amines is 1. The summed E-state index contributed by atoms with van der Waals surface area (Å²) >= 11 is 3.03. The summed E-state index contributed by atoms with van der Waals surface area (Å²) < 4.78 is 0. The predicted molar refractivity (Wildman–Crippen MR) is 98.4 cm³/mol. The summed E-state index contributed by atoms with van der Waals surface area (Å²) in [7, 11) is 0. The van der Waals surface area contributed by atoms with Crippen molar-refractivity contribution >= 4 is 39.2 Å². The van der Waals surface area contributed by atoms with Crippen molar-refractivity contribution in [2.45, 2.75) is 51.5 Å². The van der Waals surface area contributed by atoms with Crippen LogP contribution in [0.15, 0.2) is 4.79 Å². The van der Waals surface area contributed by atoms with E-state index < -0.39 is 0 Å². The first-order valence-corrected chi connectivity index (χ1v) is 9.68. The molecule has 23 heavy (non-hydrogen) atoms. The van der Waals surface area contributed by atoms with Crippen LogP contribution in [0, 0.1) is 13.8 Å². The Morgan fingerprint density at radius 1 is 1.43 bits per heavy atom. The van der Waals surface area contributed by atoms with E-state index in [0.717, 1.165) is 34.7 Å². The molecular formula is C16H23N3O2S2. The number of unbranched alkanes of at least 4 members (excludes halogenated alkanes) is 1. The van der Waals surface area contributed by atoms with Crippen LogP contribution in [0.25, 0.3) is 10.2 Å². The summed E-state index contributed by atoms with van der Waals surface area (Å²) in [5.41, 5.74) is 0.911. The molecule has 0 fully saturated rings. The predicted octanol–water partition coefficient (Wildman–Crippen LogP) is 3.14. The maximum absolute atomic E-state index is 12.2. The minimum Gasteiger partial charge on any atom is -0.355 e. The van der Waals surface area contributed by atoms with Crippen molar-refractivity contribution in [3.8, 4) is 0 Å². The number of nitrogens with zero attached hydrogens (tertiary/aromatic N) is 1. The molecule has 2 heterocycles. The zero-order chi connectivity index (χ0) is 17.0. The van der Waals surface area contributed by atoms with Crippen LogP contribution >= 0.6 is 23.1 Å². The Morgan fingerprint density at radius 2 is 2.17 bits per heavy atom. The molecule has 0 aliphatic heterocycles. The Hall–Kier alpha value is -1.34. The van der Waals surface area contributed by atoms with E-state index in [9.17, 15) is 9.59 Å². The number of H-pyrrole nitrogens is 1. The summed E-state index contributed by atoms with van der Waals surface area (Å²) in [5, 5.41) is 3.44. The lowest BCUT2D eigenvalue weighted by Gasteiger charge is -2.11. The molecule has 2 N–H and O–H groups in total. The van der Waals surface area contributed by atoms with E-state index in [1.165, 1.54) is 11.8 Å². The van der Waals surface area contributed by atoms with Gasteiger partial charge in [-0.3, -0.25) is 9.59 Å². The summed E-state index contributed by atoms with van der Waals surface area (Å²) in [5.74, 6) is 1.18. The third kappa shape index (κ3) is 4.35. The number of thioether (sulfide) groups is 1. The van der Waals surface area contributed by atoms with Gasteiger partial charge in [0.05, 0.1) is 16.4 Å². The number of amides is 1. The minimum atomic E-state index is -0.167. The van der Waals surface area contributed by atoms with Gasteiger partial charge in [0.2, 0.25) is 5.91 Å². The summed E-state index contributed by atoms with van der Waals surface area (Å²) in [6, 6.07) is 0. The number of carbonyl (C=O) groups excluding carboxylic acids is 1. The van der Waals surface area contributed by atoms with Crippen molar-refractivity contribution in [3.05, 3.63) is 26.6 Å². The van der Waals surface area contributed by atoms with Crippen LogP contribution in [0.5, 0.6) is 0 Å². The van der Waals surface area contributed by atoms with Crippen molar-refractivity contribution in [1.82, 2.24) is 15.3 Å². The fraction of sp³-hybridized carbons (Fsp3) is 0.562. The number of carbonyl (C=O) groups is 1. The second kappa shape index (κ2) is 7.97. The molecule has 0 radical (unpaired) electrons. The Bertz CT molecular complexity index is 752. The molecule has 5 nitrogen and oxygen atoms in total. The Morgan fingerprint density at radius 3 is 2.87 bits per heavy atom. The molecule has 2 aromatic heterocycles. The molecule has 0 saturated heterocycles. The van der Waals surface area contributed by atoms with Crippen LogP contribution in [0.4, 0.5) is 0 Å². The van der Waals surface area contributed by atoms with Gasteiger partial charge in [0.25, 0.3) is 5.56 Å². The van der Waals surface area contributed by atoms with Gasteiger partial charge in [-0.1, -0.05) is 13.3 Å². The zero-order valence-corrected chi connectivity index (χ0v) is 15.6. The van der Waals surface area contributed by atoms with Gasteiger partial charge in [-0.15, -0.1) is 23.1 Å². The monoisotopic (exact) mass is 353 g/mol. The van der Waals surface area contributed by atoms with Gasteiger partial charge < -0.3 is 10.3 Å². The van der Waals surface area contributed by atoms with Crippen molar-refractivity contribution in [1.29, 1.82) is 0 Å². The smallest absolute Gasteiger partial charge is 0.259 e. The summed E-state index contributed by atoms with van der Waals surface area (Å²) in [4.78, 5) is 33.4. The van der Waals surface area contributed by atoms with Crippen molar-refractivity contribution in [2.24, 2.45) is 0 Å². The fourth-order valence-electron chi connectivity index (χ4n) is 2.18. The normalized spacial score (nSPS) is 12.5. The van der Waals surface area contributed by atoms with Crippen molar-refractivity contribution in [2.75, 3.05) is 6.54 Å². The van der Waals surface area contributed by atoms with Crippen LogP contribution in [0.3, 0.4) is 0 Å². The number of aryl methyl sites for hydroxylation is 2. The summed E-state index contributed by atoms with van der Waals surface area (Å²) in [6.07, 6.45) is 2.05. The molecule has 1 atom stereocenters. The van der Waals surface area contributed by atoms with Crippen LogP contribution < -0.4 is 10.9 Å². The molecule has 0 aliphatic rings. The number of aromatic nitrogens is 2. The van der Waals surface area contributed by atoms with Crippen LogP contribution in [-0.2, 0) is 10.5 Å². The second-order valence-electron chi connectivity index (χ2n) is 5.57. The maximum atomic E-state index is 12.2. The zero-order valence-electron chi connectivity index (χ0n) is 14.0. The Balaban J connectivity index is 2.02. The van der Waals surface area contributed by atoms with E-state index in [4.69, 9.17) is 0 Å². The molecular weight excluding hydrogens is 330 g/mol. The molecule has 0 saturated carbocycles. The molecule has 126 valence electrons. The molecule has 0 spiro atoms. The van der Waals surface area contributed by atoms with Crippen LogP contribution in [0.2, 0.25) is 0 Å². The topological polar surface area (TPSA) is 74.8 Å². The minimum absolute atomic E-state index is 0.0367. The third-order valence-electron chi connectivity index (χ3n) is 3.76. The summed E-state index contributed by atoms with van der Waals surface area (Å²) in [6.45, 7) is 8.63. The highest BCUT2D eigenvalue weighted by atomic mass is 32.2. The molecule has 1 unspecified atom stereocenters. The SMILES string of the molecule is CCCCNC(=O)C(C)SCc1nc2sc(C)c(C)c2c(=O)[nH]1. The third-order valence-corrected chi connectivity index (χ3v) is 6.01. The maximum Gasteiger partial charge on any atom is 0.259 e. The highest BCUT2D eigenvalue weighted by Crippen LogP contribution is 2.26. The molecule has 0 aliphatic carbocycles. The number of hydrogen-bond donors (Lipinski definition) is 2. The van der Waals surface area contributed by atoms with E-state index in [1.54, 1.807) is 11.3 Å². The van der Waals surface area contributed by atoms with E-state index >= 15 is 0 Å². The van der Waals surface area contributed by atoms with Gasteiger partial charge in [0.1, 0.15) is 10.7 Å². The largest absolute Gasteiger partial charge is 0.355 e. The number of thiophene rings is 1. The van der Waals surface area contributed by atoms with Gasteiger partial charge >= 0.3 is 0 Å². The number of rotatable bonds is 7. The van der Waals surface area contributed by atoms with Gasteiger partial charge in [-0.2, -0.15) is 0 Å². The van der Waals surface area contributed by atoms with Crippen LogP contribution in [-0.4, -0.2) is 27.7 Å². The first kappa shape index (κ1) is 18.0. The lowest BCUT2D eigenvalue weighted by molar-refractivity contribution is -0.120. The number of hydrogen-bond acceptors (Lipinski definition) is 5. The molecule has 7 heteroatoms. The highest BCUT2D eigenvalue weighted by molar-refractivity contribution is 7.99. The van der Waals surface area contributed by atoms with Gasteiger partial charge in [0, 0.05) is 11.4 Å². The molecule has 2 rings (SSSR count). The van der Waals surface area contributed by atoms with Crippen molar-refractivity contribution in [3.63, 3.8) is 0 Å². The number of nitrogens with one attached hydrogen (secondary N) is 2. The quantitative estimate of drug-likeness (QED) is 0.750. The second-order valence-corrected chi connectivity index (χ2v) is 8.11. The first-order chi connectivity index (χ1) is 10.9. The Kier molecular flexibility index (Phi) is 6.24. The highest BCUT2D eigenvalue weighted by Gasteiger charge is 2.15. The van der Waals surface area contributed by atoms with E-state index in [-0.39, 0.29) is 16.7 Å². The average Bonchev–Trinajstić information content (AvgIpc) is 2.80. The van der Waals surface area contributed by atoms with Gasteiger partial charge in [0.15, 0.2) is 0 Å². The fourth-order valence-corrected chi connectivity index (χ4v) is 4.01. The van der Waals surface area contributed by atoms with Gasteiger partial charge in [-0.25, -0.2) is 4.98 Å². The first-order valence-electron chi connectivity index (χ1n) is 7.82. The van der Waals surface area contributed by atoms with Crippen LogP contribution in [0.1, 0.15) is 43.0 Å². The lowest BCUT2D eigenvalue weighted by Crippen LogP contribution is -2.31. The molecule has 0 bridgehead atoms. The standard InChI is InChI=1S/C16H23N3O2S2/c1-5-6-7-17-14(20)11(4)22-8-12-18-15(21)13-9(2)10(3)23-16(13)19-12/h11H,5-8H2,1-4H3,(H,17,20)(H,18,19,21). The van der Waals surface area contributed by atoms with E-state index in [1.807, 2.05) is 20.8 Å². The lowest BCUT2D eigenvalue weighted by atomic mass is 10.2. The van der Waals surface area contributed by atoms with E-state index in [2.05, 4.69) is 22.2 Å². The number of fused-ring (bicyclic) bond motifs is 1. The van der Waals surface area contributed by atoms with Gasteiger partial charge in [-0.05, 0) is 32.8 Å². The van der Waals surface area contributed by atoms with E-state index in [0.29, 0.717) is 17.0 Å².